The molecule has 1 N–H and O–H groups in total. The van der Waals surface area contributed by atoms with Crippen molar-refractivity contribution in [3.63, 3.8) is 0 Å². The van der Waals surface area contributed by atoms with Gasteiger partial charge in [0.15, 0.2) is 0 Å². The fourth-order valence-electron chi connectivity index (χ4n) is 3.10. The Hall–Kier alpha value is -0.810. The van der Waals surface area contributed by atoms with E-state index in [2.05, 4.69) is 12.2 Å². The highest BCUT2D eigenvalue weighted by Gasteiger charge is 2.36. The summed E-state index contributed by atoms with van der Waals surface area (Å²) in [7, 11) is 1.78. The SMILES string of the molecule is CCCN(C(=O)C1CC(=O)N(C)C1)C1CCNCC1.Cl. The number of piperidine rings is 1. The smallest absolute Gasteiger partial charge is 0.228 e. The molecule has 20 heavy (non-hydrogen) atoms. The van der Waals surface area contributed by atoms with E-state index in [1.165, 1.54) is 0 Å². The van der Waals surface area contributed by atoms with Crippen LogP contribution in [0.5, 0.6) is 0 Å². The number of carbonyl (C=O) groups is 2. The molecule has 2 aliphatic rings. The lowest BCUT2D eigenvalue weighted by atomic mass is 10.0. The largest absolute Gasteiger partial charge is 0.345 e. The molecule has 0 aliphatic carbocycles. The molecule has 2 aliphatic heterocycles. The third kappa shape index (κ3) is 3.85. The molecule has 0 aromatic carbocycles. The van der Waals surface area contributed by atoms with E-state index in [0.29, 0.717) is 19.0 Å². The summed E-state index contributed by atoms with van der Waals surface area (Å²) in [5.41, 5.74) is 0. The Morgan fingerprint density at radius 2 is 2.05 bits per heavy atom. The Balaban J connectivity index is 0.00000200. The molecule has 2 rings (SSSR count). The van der Waals surface area contributed by atoms with Crippen molar-refractivity contribution in [2.24, 2.45) is 5.92 Å². The van der Waals surface area contributed by atoms with Gasteiger partial charge in [-0.2, -0.15) is 0 Å². The molecule has 0 aromatic rings. The summed E-state index contributed by atoms with van der Waals surface area (Å²) in [6, 6.07) is 0.356. The molecule has 0 radical (unpaired) electrons. The van der Waals surface area contributed by atoms with Crippen LogP contribution in [0.15, 0.2) is 0 Å². The minimum atomic E-state index is -0.126. The van der Waals surface area contributed by atoms with E-state index in [-0.39, 0.29) is 30.1 Å². The van der Waals surface area contributed by atoms with Crippen LogP contribution >= 0.6 is 12.4 Å². The lowest BCUT2D eigenvalue weighted by molar-refractivity contribution is -0.138. The van der Waals surface area contributed by atoms with Gasteiger partial charge < -0.3 is 15.1 Å². The van der Waals surface area contributed by atoms with Gasteiger partial charge in [-0.1, -0.05) is 6.92 Å². The second-order valence-corrected chi connectivity index (χ2v) is 5.69. The molecule has 116 valence electrons. The monoisotopic (exact) mass is 303 g/mol. The third-order valence-corrected chi connectivity index (χ3v) is 4.19. The van der Waals surface area contributed by atoms with E-state index >= 15 is 0 Å². The minimum absolute atomic E-state index is 0. The van der Waals surface area contributed by atoms with Crippen LogP contribution in [0.2, 0.25) is 0 Å². The van der Waals surface area contributed by atoms with Crippen molar-refractivity contribution >= 4 is 24.2 Å². The number of halogens is 1. The summed E-state index contributed by atoms with van der Waals surface area (Å²) in [6.45, 7) is 5.48. The van der Waals surface area contributed by atoms with Gasteiger partial charge in [-0.15, -0.1) is 12.4 Å². The molecule has 2 saturated heterocycles. The molecular formula is C14H26ClN3O2. The average Bonchev–Trinajstić information content (AvgIpc) is 2.76. The van der Waals surface area contributed by atoms with Crippen molar-refractivity contribution in [1.82, 2.24) is 15.1 Å². The summed E-state index contributed by atoms with van der Waals surface area (Å²) in [6.07, 6.45) is 3.43. The quantitative estimate of drug-likeness (QED) is 0.839. The van der Waals surface area contributed by atoms with Gasteiger partial charge in [-0.3, -0.25) is 9.59 Å². The summed E-state index contributed by atoms with van der Waals surface area (Å²) in [4.78, 5) is 28.0. The highest BCUT2D eigenvalue weighted by molar-refractivity contribution is 5.89. The number of carbonyl (C=O) groups excluding carboxylic acids is 2. The molecule has 0 aromatic heterocycles. The van der Waals surface area contributed by atoms with Crippen molar-refractivity contribution < 1.29 is 9.59 Å². The molecule has 2 amide bonds. The van der Waals surface area contributed by atoms with Gasteiger partial charge in [0, 0.05) is 32.6 Å². The highest BCUT2D eigenvalue weighted by atomic mass is 35.5. The van der Waals surface area contributed by atoms with Gasteiger partial charge in [-0.05, 0) is 32.4 Å². The molecule has 0 bridgehead atoms. The topological polar surface area (TPSA) is 52.7 Å². The fourth-order valence-corrected chi connectivity index (χ4v) is 3.10. The minimum Gasteiger partial charge on any atom is -0.345 e. The van der Waals surface area contributed by atoms with Crippen LogP contribution in [0.4, 0.5) is 0 Å². The zero-order valence-electron chi connectivity index (χ0n) is 12.4. The summed E-state index contributed by atoms with van der Waals surface area (Å²) in [5, 5.41) is 3.33. The first-order valence-corrected chi connectivity index (χ1v) is 7.38. The lowest BCUT2D eigenvalue weighted by Gasteiger charge is -2.36. The van der Waals surface area contributed by atoms with Crippen LogP contribution in [-0.4, -0.2) is 60.9 Å². The van der Waals surface area contributed by atoms with Crippen molar-refractivity contribution in [3.05, 3.63) is 0 Å². The van der Waals surface area contributed by atoms with Gasteiger partial charge in [0.2, 0.25) is 11.8 Å². The number of nitrogens with zero attached hydrogens (tertiary/aromatic N) is 2. The van der Waals surface area contributed by atoms with Crippen molar-refractivity contribution in [2.75, 3.05) is 33.2 Å². The lowest BCUT2D eigenvalue weighted by Crippen LogP contribution is -2.48. The zero-order valence-corrected chi connectivity index (χ0v) is 13.2. The van der Waals surface area contributed by atoms with Crippen LogP contribution in [0.25, 0.3) is 0 Å². The van der Waals surface area contributed by atoms with E-state index in [9.17, 15) is 9.59 Å². The molecule has 1 unspecified atom stereocenters. The first-order valence-electron chi connectivity index (χ1n) is 7.38. The Kier molecular flexibility index (Phi) is 6.76. The normalized spacial score (nSPS) is 23.6. The van der Waals surface area contributed by atoms with Crippen LogP contribution in [0.1, 0.15) is 32.6 Å². The Morgan fingerprint density at radius 3 is 2.55 bits per heavy atom. The summed E-state index contributed by atoms with van der Waals surface area (Å²) in [5.74, 6) is 0.158. The van der Waals surface area contributed by atoms with Crippen LogP contribution in [-0.2, 0) is 9.59 Å². The van der Waals surface area contributed by atoms with Crippen molar-refractivity contribution in [1.29, 1.82) is 0 Å². The number of rotatable bonds is 4. The van der Waals surface area contributed by atoms with Crippen molar-refractivity contribution in [3.8, 4) is 0 Å². The number of likely N-dealkylation sites (tertiary alicyclic amines) is 1. The molecule has 5 nitrogen and oxygen atoms in total. The summed E-state index contributed by atoms with van der Waals surface area (Å²) < 4.78 is 0. The number of hydrogen-bond donors (Lipinski definition) is 1. The second-order valence-electron chi connectivity index (χ2n) is 5.69. The first kappa shape index (κ1) is 17.2. The first-order chi connectivity index (χ1) is 9.13. The van der Waals surface area contributed by atoms with E-state index in [4.69, 9.17) is 0 Å². The van der Waals surface area contributed by atoms with E-state index in [0.717, 1.165) is 38.9 Å². The molecule has 0 saturated carbocycles. The molecule has 0 spiro atoms. The predicted molar refractivity (Wildman–Crippen MR) is 80.9 cm³/mol. The van der Waals surface area contributed by atoms with Gasteiger partial charge in [0.1, 0.15) is 0 Å². The van der Waals surface area contributed by atoms with Crippen LogP contribution in [0, 0.1) is 5.92 Å². The second kappa shape index (κ2) is 7.84. The molecular weight excluding hydrogens is 278 g/mol. The number of hydrogen-bond acceptors (Lipinski definition) is 3. The molecule has 1 atom stereocenters. The van der Waals surface area contributed by atoms with Crippen LogP contribution in [0.3, 0.4) is 0 Å². The van der Waals surface area contributed by atoms with E-state index in [1.807, 2.05) is 4.90 Å². The maximum atomic E-state index is 12.7. The fraction of sp³-hybridized carbons (Fsp3) is 0.857. The van der Waals surface area contributed by atoms with Gasteiger partial charge >= 0.3 is 0 Å². The number of amides is 2. The molecule has 2 fully saturated rings. The maximum absolute atomic E-state index is 12.7. The Morgan fingerprint density at radius 1 is 1.40 bits per heavy atom. The third-order valence-electron chi connectivity index (χ3n) is 4.19. The van der Waals surface area contributed by atoms with Gasteiger partial charge in [0.25, 0.3) is 0 Å². The highest BCUT2D eigenvalue weighted by Crippen LogP contribution is 2.22. The standard InChI is InChI=1S/C14H25N3O2.ClH/c1-3-8-17(12-4-6-15-7-5-12)14(19)11-9-13(18)16(2)10-11;/h11-12,15H,3-10H2,1-2H3;1H. The molecule has 6 heteroatoms. The van der Waals surface area contributed by atoms with Crippen molar-refractivity contribution in [2.45, 2.75) is 38.6 Å². The molecule has 2 heterocycles. The van der Waals surface area contributed by atoms with Gasteiger partial charge in [-0.25, -0.2) is 0 Å². The maximum Gasteiger partial charge on any atom is 0.228 e. The predicted octanol–water partition coefficient (Wildman–Crippen LogP) is 0.877. The zero-order chi connectivity index (χ0) is 13.8. The Labute approximate surface area is 127 Å². The number of nitrogens with one attached hydrogen (secondary N) is 1. The van der Waals surface area contributed by atoms with Gasteiger partial charge in [0.05, 0.1) is 5.92 Å². The Bertz CT molecular complexity index is 345. The van der Waals surface area contributed by atoms with E-state index < -0.39 is 0 Å². The summed E-state index contributed by atoms with van der Waals surface area (Å²) >= 11 is 0. The van der Waals surface area contributed by atoms with Crippen LogP contribution < -0.4 is 5.32 Å². The van der Waals surface area contributed by atoms with E-state index in [1.54, 1.807) is 11.9 Å². The average molecular weight is 304 g/mol.